The summed E-state index contributed by atoms with van der Waals surface area (Å²) in [4.78, 5) is 19.7. The van der Waals surface area contributed by atoms with Crippen LogP contribution in [0.25, 0.3) is 11.0 Å². The maximum Gasteiger partial charge on any atom is 0.223 e. The summed E-state index contributed by atoms with van der Waals surface area (Å²) in [6.45, 7) is 11.5. The molecule has 5 nitrogen and oxygen atoms in total. The molecule has 1 saturated heterocycles. The fraction of sp³-hybridized carbons (Fsp3) is 0.619. The number of hydrogen-bond donors (Lipinski definition) is 1. The lowest BCUT2D eigenvalue weighted by atomic mass is 9.95. The van der Waals surface area contributed by atoms with Gasteiger partial charge in [-0.05, 0) is 65.8 Å². The Balaban J connectivity index is 1.56. The number of imidazole rings is 1. The topological polar surface area (TPSA) is 50.2 Å². The van der Waals surface area contributed by atoms with Crippen LogP contribution in [0.3, 0.4) is 0 Å². The van der Waals surface area contributed by atoms with Gasteiger partial charge < -0.3 is 14.8 Å². The predicted octanol–water partition coefficient (Wildman–Crippen LogP) is 3.40. The lowest BCUT2D eigenvalue weighted by molar-refractivity contribution is -0.126. The third-order valence-corrected chi connectivity index (χ3v) is 5.46. The molecule has 2 heterocycles. The molecule has 5 heteroatoms. The van der Waals surface area contributed by atoms with Crippen molar-refractivity contribution >= 4 is 16.9 Å². The fourth-order valence-electron chi connectivity index (χ4n) is 3.97. The lowest BCUT2D eigenvalue weighted by Crippen LogP contribution is -2.43. The van der Waals surface area contributed by atoms with E-state index in [4.69, 9.17) is 4.98 Å². The molecule has 0 spiro atoms. The lowest BCUT2D eigenvalue weighted by Gasteiger charge is -2.33. The normalized spacial score (nSPS) is 16.7. The molecule has 0 unspecified atom stereocenters. The number of piperidine rings is 1. The molecule has 0 saturated carbocycles. The number of carbonyl (C=O) groups excluding carboxylic acids is 1. The van der Waals surface area contributed by atoms with Crippen molar-refractivity contribution in [3.63, 3.8) is 0 Å². The van der Waals surface area contributed by atoms with Gasteiger partial charge in [0.2, 0.25) is 5.91 Å². The van der Waals surface area contributed by atoms with Gasteiger partial charge >= 0.3 is 0 Å². The van der Waals surface area contributed by atoms with E-state index in [0.717, 1.165) is 43.7 Å². The summed E-state index contributed by atoms with van der Waals surface area (Å²) in [6.07, 6.45) is 2.70. The zero-order valence-corrected chi connectivity index (χ0v) is 16.5. The largest absolute Gasteiger partial charge is 0.355 e. The second kappa shape index (κ2) is 8.21. The Hall–Kier alpha value is -1.88. The predicted molar refractivity (Wildman–Crippen MR) is 106 cm³/mol. The summed E-state index contributed by atoms with van der Waals surface area (Å²) in [7, 11) is 0. The van der Waals surface area contributed by atoms with Crippen LogP contribution in [0.4, 0.5) is 0 Å². The van der Waals surface area contributed by atoms with E-state index < -0.39 is 0 Å². The van der Waals surface area contributed by atoms with Crippen LogP contribution < -0.4 is 5.32 Å². The van der Waals surface area contributed by atoms with Crippen molar-refractivity contribution < 1.29 is 4.79 Å². The molecule has 1 aromatic heterocycles. The molecule has 1 aliphatic rings. The van der Waals surface area contributed by atoms with Gasteiger partial charge in [0.15, 0.2) is 0 Å². The Morgan fingerprint density at radius 2 is 1.85 bits per heavy atom. The molecular weight excluding hydrogens is 324 g/mol. The van der Waals surface area contributed by atoms with Crippen LogP contribution in [0.5, 0.6) is 0 Å². The molecule has 0 radical (unpaired) electrons. The average Bonchev–Trinajstić information content (AvgIpc) is 3.00. The summed E-state index contributed by atoms with van der Waals surface area (Å²) in [6, 6.07) is 9.18. The Kier molecular flexibility index (Phi) is 5.97. The number of rotatable bonds is 6. The summed E-state index contributed by atoms with van der Waals surface area (Å²) in [5, 5.41) is 3.14. The van der Waals surface area contributed by atoms with Gasteiger partial charge in [-0.2, -0.15) is 0 Å². The molecule has 26 heavy (non-hydrogen) atoms. The van der Waals surface area contributed by atoms with E-state index >= 15 is 0 Å². The van der Waals surface area contributed by atoms with Crippen molar-refractivity contribution in [3.8, 4) is 0 Å². The third-order valence-electron chi connectivity index (χ3n) is 5.46. The summed E-state index contributed by atoms with van der Waals surface area (Å²) >= 11 is 0. The maximum absolute atomic E-state index is 12.5. The van der Waals surface area contributed by atoms with Crippen molar-refractivity contribution in [2.45, 2.75) is 59.0 Å². The highest BCUT2D eigenvalue weighted by Gasteiger charge is 2.25. The minimum atomic E-state index is 0.161. The molecule has 0 aliphatic carbocycles. The quantitative estimate of drug-likeness (QED) is 0.863. The SMILES string of the molecule is CC(C)N1CCC(C(=O)NCCc2nc3ccccc3n2C(C)C)CC1. The van der Waals surface area contributed by atoms with Crippen molar-refractivity contribution in [2.75, 3.05) is 19.6 Å². The van der Waals surface area contributed by atoms with Gasteiger partial charge in [0.05, 0.1) is 11.0 Å². The monoisotopic (exact) mass is 356 g/mol. The van der Waals surface area contributed by atoms with Crippen LogP contribution in [0.2, 0.25) is 0 Å². The molecule has 1 aliphatic heterocycles. The van der Waals surface area contributed by atoms with E-state index in [2.05, 4.69) is 60.7 Å². The molecule has 1 N–H and O–H groups in total. The maximum atomic E-state index is 12.5. The fourth-order valence-corrected chi connectivity index (χ4v) is 3.97. The minimum absolute atomic E-state index is 0.161. The number of likely N-dealkylation sites (tertiary alicyclic amines) is 1. The number of hydrogen-bond acceptors (Lipinski definition) is 3. The first-order valence-corrected chi connectivity index (χ1v) is 9.95. The molecule has 142 valence electrons. The minimum Gasteiger partial charge on any atom is -0.355 e. The number of nitrogens with zero attached hydrogens (tertiary/aromatic N) is 3. The second-order valence-electron chi connectivity index (χ2n) is 7.93. The number of nitrogens with one attached hydrogen (secondary N) is 1. The second-order valence-corrected chi connectivity index (χ2v) is 7.93. The van der Waals surface area contributed by atoms with E-state index in [1.54, 1.807) is 0 Å². The molecule has 1 amide bonds. The smallest absolute Gasteiger partial charge is 0.223 e. The molecule has 3 rings (SSSR count). The van der Waals surface area contributed by atoms with Gasteiger partial charge in [0.25, 0.3) is 0 Å². The molecule has 1 aromatic carbocycles. The first-order valence-electron chi connectivity index (χ1n) is 9.95. The molecule has 1 fully saturated rings. The van der Waals surface area contributed by atoms with Gasteiger partial charge in [0.1, 0.15) is 5.82 Å². The summed E-state index contributed by atoms with van der Waals surface area (Å²) < 4.78 is 2.28. The van der Waals surface area contributed by atoms with E-state index in [9.17, 15) is 4.79 Å². The highest BCUT2D eigenvalue weighted by molar-refractivity contribution is 5.79. The zero-order chi connectivity index (χ0) is 18.7. The van der Waals surface area contributed by atoms with Gasteiger partial charge in [-0.15, -0.1) is 0 Å². The number of amides is 1. The van der Waals surface area contributed by atoms with Crippen LogP contribution in [-0.4, -0.2) is 46.0 Å². The van der Waals surface area contributed by atoms with Crippen molar-refractivity contribution in [2.24, 2.45) is 5.92 Å². The highest BCUT2D eigenvalue weighted by Crippen LogP contribution is 2.21. The van der Waals surface area contributed by atoms with Gasteiger partial charge in [-0.1, -0.05) is 12.1 Å². The first-order chi connectivity index (χ1) is 12.5. The number of fused-ring (bicyclic) bond motifs is 1. The number of para-hydroxylation sites is 2. The number of benzene rings is 1. The third kappa shape index (κ3) is 4.09. The molecule has 0 atom stereocenters. The Labute approximate surface area is 156 Å². The Bertz CT molecular complexity index is 742. The average molecular weight is 357 g/mol. The van der Waals surface area contributed by atoms with Crippen LogP contribution in [0.1, 0.15) is 52.4 Å². The first kappa shape index (κ1) is 18.9. The van der Waals surface area contributed by atoms with Gasteiger partial charge in [-0.3, -0.25) is 4.79 Å². The Morgan fingerprint density at radius 1 is 1.15 bits per heavy atom. The molecular formula is C21H32N4O. The van der Waals surface area contributed by atoms with Crippen LogP contribution in [0, 0.1) is 5.92 Å². The van der Waals surface area contributed by atoms with Crippen molar-refractivity contribution in [1.82, 2.24) is 19.8 Å². The van der Waals surface area contributed by atoms with E-state index in [-0.39, 0.29) is 11.8 Å². The van der Waals surface area contributed by atoms with E-state index in [0.29, 0.717) is 18.6 Å². The van der Waals surface area contributed by atoms with E-state index in [1.165, 1.54) is 5.52 Å². The zero-order valence-electron chi connectivity index (χ0n) is 16.5. The van der Waals surface area contributed by atoms with Crippen molar-refractivity contribution in [3.05, 3.63) is 30.1 Å². The standard InChI is InChI=1S/C21H32N4O/c1-15(2)24-13-10-17(11-14-24)21(26)22-12-9-20-23-18-7-5-6-8-19(18)25(20)16(3)4/h5-8,15-17H,9-14H2,1-4H3,(H,22,26). The number of aromatic nitrogens is 2. The van der Waals surface area contributed by atoms with Crippen molar-refractivity contribution in [1.29, 1.82) is 0 Å². The van der Waals surface area contributed by atoms with E-state index in [1.807, 2.05) is 6.07 Å². The van der Waals surface area contributed by atoms with Gasteiger partial charge in [0, 0.05) is 31.0 Å². The van der Waals surface area contributed by atoms with Crippen LogP contribution in [-0.2, 0) is 11.2 Å². The van der Waals surface area contributed by atoms with Crippen LogP contribution in [0.15, 0.2) is 24.3 Å². The summed E-state index contributed by atoms with van der Waals surface area (Å²) in [5.41, 5.74) is 2.20. The molecule has 0 bridgehead atoms. The Morgan fingerprint density at radius 3 is 2.50 bits per heavy atom. The van der Waals surface area contributed by atoms with Gasteiger partial charge in [-0.25, -0.2) is 4.98 Å². The summed E-state index contributed by atoms with van der Waals surface area (Å²) in [5.74, 6) is 1.42. The number of carbonyl (C=O) groups is 1. The van der Waals surface area contributed by atoms with Crippen LogP contribution >= 0.6 is 0 Å². The molecule has 2 aromatic rings. The highest BCUT2D eigenvalue weighted by atomic mass is 16.1.